The molecule has 1 saturated heterocycles. The van der Waals surface area contributed by atoms with Gasteiger partial charge in [-0.25, -0.2) is 4.99 Å². The standard InChI is InChI=1S/C20H33N5O/c1-4-12-21-20(23-16-19(26)24(2)3)22-15-18(25-13-8-9-14-25)17-10-6-5-7-11-17/h5-7,10-11,18H,4,8-9,12-16H2,1-3H3,(H2,21,22,23). The van der Waals surface area contributed by atoms with Crippen LogP contribution in [-0.4, -0.2) is 68.5 Å². The van der Waals surface area contributed by atoms with Crippen LogP contribution in [0, 0.1) is 0 Å². The second-order valence-electron chi connectivity index (χ2n) is 6.93. The number of likely N-dealkylation sites (N-methyl/N-ethyl adjacent to an activating group) is 1. The minimum atomic E-state index is 0.00162. The third kappa shape index (κ3) is 6.33. The largest absolute Gasteiger partial charge is 0.356 e. The summed E-state index contributed by atoms with van der Waals surface area (Å²) in [4.78, 5) is 20.4. The van der Waals surface area contributed by atoms with Crippen molar-refractivity contribution in [3.8, 4) is 0 Å². The zero-order valence-electron chi connectivity index (χ0n) is 16.4. The van der Waals surface area contributed by atoms with Crippen LogP contribution in [0.3, 0.4) is 0 Å². The molecule has 0 aromatic heterocycles. The molecule has 0 bridgehead atoms. The molecule has 1 heterocycles. The Morgan fingerprint density at radius 3 is 2.50 bits per heavy atom. The monoisotopic (exact) mass is 359 g/mol. The van der Waals surface area contributed by atoms with Gasteiger partial charge in [0.25, 0.3) is 0 Å². The van der Waals surface area contributed by atoms with Gasteiger partial charge in [0.1, 0.15) is 6.54 Å². The molecule has 1 aromatic rings. The Bertz CT molecular complexity index is 567. The molecule has 6 heteroatoms. The Morgan fingerprint density at radius 1 is 1.19 bits per heavy atom. The van der Waals surface area contributed by atoms with Crippen molar-refractivity contribution in [3.05, 3.63) is 35.9 Å². The summed E-state index contributed by atoms with van der Waals surface area (Å²) in [6, 6.07) is 10.9. The summed E-state index contributed by atoms with van der Waals surface area (Å²) in [5, 5.41) is 6.76. The van der Waals surface area contributed by atoms with Crippen molar-refractivity contribution in [2.24, 2.45) is 4.99 Å². The smallest absolute Gasteiger partial charge is 0.243 e. The number of benzene rings is 1. The molecule has 26 heavy (non-hydrogen) atoms. The van der Waals surface area contributed by atoms with Crippen LogP contribution in [-0.2, 0) is 4.79 Å². The fourth-order valence-electron chi connectivity index (χ4n) is 3.09. The molecule has 1 amide bonds. The lowest BCUT2D eigenvalue weighted by atomic mass is 10.1. The minimum Gasteiger partial charge on any atom is -0.356 e. The van der Waals surface area contributed by atoms with E-state index in [0.717, 1.165) is 32.6 Å². The maximum atomic E-state index is 11.8. The quantitative estimate of drug-likeness (QED) is 0.549. The first-order valence-corrected chi connectivity index (χ1v) is 9.63. The molecular weight excluding hydrogens is 326 g/mol. The van der Waals surface area contributed by atoms with Gasteiger partial charge in [0.15, 0.2) is 5.96 Å². The number of rotatable bonds is 8. The van der Waals surface area contributed by atoms with E-state index in [1.165, 1.54) is 18.4 Å². The lowest BCUT2D eigenvalue weighted by molar-refractivity contribution is -0.127. The number of amides is 1. The molecule has 0 spiro atoms. The Balaban J connectivity index is 2.04. The van der Waals surface area contributed by atoms with Crippen LogP contribution in [0.15, 0.2) is 35.3 Å². The van der Waals surface area contributed by atoms with Gasteiger partial charge in [0.05, 0.1) is 6.04 Å². The summed E-state index contributed by atoms with van der Waals surface area (Å²) in [7, 11) is 3.51. The highest BCUT2D eigenvalue weighted by Crippen LogP contribution is 2.24. The number of nitrogens with zero attached hydrogens (tertiary/aromatic N) is 3. The van der Waals surface area contributed by atoms with E-state index in [1.54, 1.807) is 19.0 Å². The van der Waals surface area contributed by atoms with Gasteiger partial charge in [0.2, 0.25) is 5.91 Å². The van der Waals surface area contributed by atoms with E-state index in [1.807, 2.05) is 0 Å². The molecule has 1 atom stereocenters. The predicted molar refractivity (Wildman–Crippen MR) is 107 cm³/mol. The second kappa shape index (κ2) is 10.8. The first kappa shape index (κ1) is 20.2. The maximum Gasteiger partial charge on any atom is 0.243 e. The number of likely N-dealkylation sites (tertiary alicyclic amines) is 1. The molecule has 144 valence electrons. The molecule has 0 saturated carbocycles. The number of hydrogen-bond donors (Lipinski definition) is 2. The van der Waals surface area contributed by atoms with Crippen molar-refractivity contribution in [2.75, 3.05) is 46.8 Å². The lowest BCUT2D eigenvalue weighted by Crippen LogP contribution is -2.43. The van der Waals surface area contributed by atoms with Crippen molar-refractivity contribution in [2.45, 2.75) is 32.2 Å². The summed E-state index contributed by atoms with van der Waals surface area (Å²) in [6.45, 7) is 6.15. The second-order valence-corrected chi connectivity index (χ2v) is 6.93. The van der Waals surface area contributed by atoms with Gasteiger partial charge < -0.3 is 15.5 Å². The highest BCUT2D eigenvalue weighted by molar-refractivity contribution is 5.84. The zero-order chi connectivity index (χ0) is 18.8. The number of nitrogens with one attached hydrogen (secondary N) is 2. The molecule has 6 nitrogen and oxygen atoms in total. The van der Waals surface area contributed by atoms with Gasteiger partial charge in [-0.1, -0.05) is 37.3 Å². The molecule has 1 aromatic carbocycles. The van der Waals surface area contributed by atoms with E-state index >= 15 is 0 Å². The van der Waals surface area contributed by atoms with Gasteiger partial charge >= 0.3 is 0 Å². The van der Waals surface area contributed by atoms with Crippen LogP contribution in [0.25, 0.3) is 0 Å². The van der Waals surface area contributed by atoms with Gasteiger partial charge in [0, 0.05) is 27.2 Å². The van der Waals surface area contributed by atoms with Gasteiger partial charge in [-0.2, -0.15) is 0 Å². The molecule has 1 fully saturated rings. The Morgan fingerprint density at radius 2 is 1.88 bits per heavy atom. The molecule has 0 radical (unpaired) electrons. The first-order chi connectivity index (χ1) is 12.6. The van der Waals surface area contributed by atoms with Crippen molar-refractivity contribution in [1.82, 2.24) is 20.4 Å². The Kier molecular flexibility index (Phi) is 8.41. The Hall–Kier alpha value is -2.08. The van der Waals surface area contributed by atoms with Crippen molar-refractivity contribution >= 4 is 11.9 Å². The molecule has 1 unspecified atom stereocenters. The summed E-state index contributed by atoms with van der Waals surface area (Å²) in [5.74, 6) is 0.712. The van der Waals surface area contributed by atoms with Gasteiger partial charge in [-0.3, -0.25) is 9.69 Å². The molecular formula is C20H33N5O. The lowest BCUT2D eigenvalue weighted by Gasteiger charge is -2.29. The number of carbonyl (C=O) groups excluding carboxylic acids is 1. The summed E-state index contributed by atoms with van der Waals surface area (Å²) < 4.78 is 0. The van der Waals surface area contributed by atoms with E-state index in [2.05, 4.69) is 57.8 Å². The van der Waals surface area contributed by atoms with Crippen LogP contribution in [0.4, 0.5) is 0 Å². The summed E-state index contributed by atoms with van der Waals surface area (Å²) in [6.07, 6.45) is 3.53. The van der Waals surface area contributed by atoms with E-state index < -0.39 is 0 Å². The summed E-state index contributed by atoms with van der Waals surface area (Å²) in [5.41, 5.74) is 1.32. The first-order valence-electron chi connectivity index (χ1n) is 9.63. The van der Waals surface area contributed by atoms with E-state index in [4.69, 9.17) is 0 Å². The Labute approximate surface area is 157 Å². The molecule has 0 aliphatic carbocycles. The minimum absolute atomic E-state index is 0.00162. The van der Waals surface area contributed by atoms with Crippen LogP contribution in [0.5, 0.6) is 0 Å². The molecule has 2 N–H and O–H groups in total. The maximum absolute atomic E-state index is 11.8. The van der Waals surface area contributed by atoms with Gasteiger partial charge in [-0.05, 0) is 37.9 Å². The highest BCUT2D eigenvalue weighted by atomic mass is 16.2. The van der Waals surface area contributed by atoms with Crippen molar-refractivity contribution in [3.63, 3.8) is 0 Å². The van der Waals surface area contributed by atoms with Crippen LogP contribution in [0.1, 0.15) is 37.8 Å². The molecule has 1 aliphatic rings. The number of carbonyl (C=O) groups is 1. The molecule has 1 aliphatic heterocycles. The number of aliphatic imine (C=N–C) groups is 1. The highest BCUT2D eigenvalue weighted by Gasteiger charge is 2.23. The fraction of sp³-hybridized carbons (Fsp3) is 0.600. The van der Waals surface area contributed by atoms with Crippen molar-refractivity contribution in [1.29, 1.82) is 0 Å². The van der Waals surface area contributed by atoms with Crippen LogP contribution >= 0.6 is 0 Å². The van der Waals surface area contributed by atoms with E-state index in [9.17, 15) is 4.79 Å². The zero-order valence-corrected chi connectivity index (χ0v) is 16.4. The number of guanidine groups is 1. The molecule has 2 rings (SSSR count). The van der Waals surface area contributed by atoms with E-state index in [-0.39, 0.29) is 12.5 Å². The average molecular weight is 360 g/mol. The van der Waals surface area contributed by atoms with Gasteiger partial charge in [-0.15, -0.1) is 0 Å². The predicted octanol–water partition coefficient (Wildman–Crippen LogP) is 1.86. The van der Waals surface area contributed by atoms with E-state index in [0.29, 0.717) is 12.0 Å². The fourth-order valence-corrected chi connectivity index (χ4v) is 3.09. The average Bonchev–Trinajstić information content (AvgIpc) is 3.18. The normalized spacial score (nSPS) is 16.3. The van der Waals surface area contributed by atoms with Crippen LogP contribution < -0.4 is 10.6 Å². The third-order valence-corrected chi connectivity index (χ3v) is 4.64. The topological polar surface area (TPSA) is 60.0 Å². The van der Waals surface area contributed by atoms with Crippen LogP contribution in [0.2, 0.25) is 0 Å². The van der Waals surface area contributed by atoms with Crippen molar-refractivity contribution < 1.29 is 4.79 Å². The SMILES string of the molecule is CCCNC(=NCC(=O)N(C)C)NCC(c1ccccc1)N1CCCC1. The summed E-state index contributed by atoms with van der Waals surface area (Å²) >= 11 is 0. The third-order valence-electron chi connectivity index (χ3n) is 4.64. The number of hydrogen-bond acceptors (Lipinski definition) is 3.